The molecule has 35 heavy (non-hydrogen) atoms. The van der Waals surface area contributed by atoms with Crippen LogP contribution < -0.4 is 15.5 Å². The Balaban J connectivity index is 1.33. The predicted molar refractivity (Wildman–Crippen MR) is 137 cm³/mol. The van der Waals surface area contributed by atoms with E-state index in [2.05, 4.69) is 31.0 Å². The summed E-state index contributed by atoms with van der Waals surface area (Å²) in [6.07, 6.45) is 3.20. The van der Waals surface area contributed by atoms with E-state index in [1.165, 1.54) is 17.6 Å². The van der Waals surface area contributed by atoms with Crippen molar-refractivity contribution in [3.8, 4) is 16.3 Å². The van der Waals surface area contributed by atoms with Gasteiger partial charge in [0.1, 0.15) is 10.8 Å². The lowest BCUT2D eigenvalue weighted by molar-refractivity contribution is -0.136. The number of nitrogens with one attached hydrogen (secondary N) is 2. The van der Waals surface area contributed by atoms with Crippen LogP contribution in [0.2, 0.25) is 0 Å². The van der Waals surface area contributed by atoms with Crippen LogP contribution in [0.25, 0.3) is 10.6 Å². The fourth-order valence-corrected chi connectivity index (χ4v) is 4.50. The highest BCUT2D eigenvalue weighted by molar-refractivity contribution is 7.98. The SMILES string of the molecule is COc1ccc(/C=N\NC(=O)C(=O)Nc2nnc(-c3ccccc3)s2)cc1CSc1ccccn1. The normalized spacial score (nSPS) is 10.8. The van der Waals surface area contributed by atoms with Crippen molar-refractivity contribution >= 4 is 46.3 Å². The molecule has 0 saturated heterocycles. The average molecular weight is 505 g/mol. The zero-order valence-electron chi connectivity index (χ0n) is 18.5. The number of hydrogen-bond donors (Lipinski definition) is 2. The molecule has 9 nitrogen and oxygen atoms in total. The van der Waals surface area contributed by atoms with Crippen LogP contribution in [0.1, 0.15) is 11.1 Å². The Labute approximate surface area is 209 Å². The standard InChI is InChI=1S/C24H20N6O3S2/c1-33-19-11-10-16(13-18(19)15-34-20-9-5-6-12-25-20)14-26-28-22(32)21(31)27-24-30-29-23(35-24)17-7-3-2-4-8-17/h2-14H,15H2,1H3,(H,28,32)(H,27,30,31)/b26-14-. The molecule has 2 aromatic heterocycles. The van der Waals surface area contributed by atoms with Crippen molar-refractivity contribution < 1.29 is 14.3 Å². The summed E-state index contributed by atoms with van der Waals surface area (Å²) in [6.45, 7) is 0. The monoisotopic (exact) mass is 504 g/mol. The Kier molecular flexibility index (Phi) is 8.15. The van der Waals surface area contributed by atoms with E-state index >= 15 is 0 Å². The van der Waals surface area contributed by atoms with Gasteiger partial charge >= 0.3 is 11.8 Å². The lowest BCUT2D eigenvalue weighted by Gasteiger charge is -2.09. The first-order valence-corrected chi connectivity index (χ1v) is 12.2. The molecule has 0 saturated carbocycles. The van der Waals surface area contributed by atoms with E-state index in [1.54, 1.807) is 31.1 Å². The maximum absolute atomic E-state index is 12.2. The third kappa shape index (κ3) is 6.71. The van der Waals surface area contributed by atoms with Crippen molar-refractivity contribution in [2.75, 3.05) is 12.4 Å². The number of anilines is 1. The Hall–Kier alpha value is -4.09. The summed E-state index contributed by atoms with van der Waals surface area (Å²) >= 11 is 2.75. The van der Waals surface area contributed by atoms with Crippen molar-refractivity contribution in [1.82, 2.24) is 20.6 Å². The number of benzene rings is 2. The van der Waals surface area contributed by atoms with Gasteiger partial charge in [-0.05, 0) is 35.9 Å². The van der Waals surface area contributed by atoms with Crippen LogP contribution in [0.3, 0.4) is 0 Å². The van der Waals surface area contributed by atoms with E-state index in [9.17, 15) is 9.59 Å². The van der Waals surface area contributed by atoms with Crippen LogP contribution in [-0.2, 0) is 15.3 Å². The van der Waals surface area contributed by atoms with Gasteiger partial charge in [0.25, 0.3) is 0 Å². The van der Waals surface area contributed by atoms with Gasteiger partial charge in [-0.2, -0.15) is 5.10 Å². The third-order valence-electron chi connectivity index (χ3n) is 4.57. The van der Waals surface area contributed by atoms with Gasteiger partial charge in [-0.15, -0.1) is 22.0 Å². The van der Waals surface area contributed by atoms with E-state index in [4.69, 9.17) is 4.74 Å². The molecule has 0 fully saturated rings. The molecule has 0 aliphatic carbocycles. The molecule has 4 aromatic rings. The fraction of sp³-hybridized carbons (Fsp3) is 0.0833. The molecule has 2 amide bonds. The van der Waals surface area contributed by atoms with Gasteiger partial charge in [0.2, 0.25) is 5.13 Å². The van der Waals surface area contributed by atoms with Gasteiger partial charge in [0, 0.05) is 23.1 Å². The number of pyridine rings is 1. The Bertz CT molecular complexity index is 1330. The van der Waals surface area contributed by atoms with Gasteiger partial charge in [0.05, 0.1) is 18.4 Å². The summed E-state index contributed by atoms with van der Waals surface area (Å²) in [5.74, 6) is -0.429. The van der Waals surface area contributed by atoms with Crippen molar-refractivity contribution in [2.24, 2.45) is 5.10 Å². The number of hydrazone groups is 1. The lowest BCUT2D eigenvalue weighted by atomic mass is 10.1. The first kappa shape index (κ1) is 24.0. The summed E-state index contributed by atoms with van der Waals surface area (Å²) in [5, 5.41) is 16.0. The summed E-state index contributed by atoms with van der Waals surface area (Å²) in [7, 11) is 1.61. The highest BCUT2D eigenvalue weighted by Gasteiger charge is 2.16. The van der Waals surface area contributed by atoms with Crippen molar-refractivity contribution in [3.63, 3.8) is 0 Å². The number of amides is 2. The highest BCUT2D eigenvalue weighted by Crippen LogP contribution is 2.28. The minimum Gasteiger partial charge on any atom is -0.496 e. The lowest BCUT2D eigenvalue weighted by Crippen LogP contribution is -2.32. The number of nitrogens with zero attached hydrogens (tertiary/aromatic N) is 4. The quantitative estimate of drug-likeness (QED) is 0.161. The van der Waals surface area contributed by atoms with E-state index < -0.39 is 11.8 Å². The maximum Gasteiger partial charge on any atom is 0.329 e. The van der Waals surface area contributed by atoms with Gasteiger partial charge in [-0.25, -0.2) is 10.4 Å². The first-order chi connectivity index (χ1) is 17.1. The topological polar surface area (TPSA) is 118 Å². The average Bonchev–Trinajstić information content (AvgIpc) is 3.37. The van der Waals surface area contributed by atoms with Crippen LogP contribution in [0.15, 0.2) is 83.1 Å². The second-order valence-electron chi connectivity index (χ2n) is 6.96. The molecule has 0 spiro atoms. The smallest absolute Gasteiger partial charge is 0.329 e. The number of carbonyl (C=O) groups is 2. The van der Waals surface area contributed by atoms with Gasteiger partial charge in [0.15, 0.2) is 0 Å². The number of methoxy groups -OCH3 is 1. The van der Waals surface area contributed by atoms with E-state index in [1.807, 2.05) is 60.7 Å². The summed E-state index contributed by atoms with van der Waals surface area (Å²) < 4.78 is 5.44. The molecular weight excluding hydrogens is 484 g/mol. The van der Waals surface area contributed by atoms with Crippen LogP contribution in [0, 0.1) is 0 Å². The number of thioether (sulfide) groups is 1. The van der Waals surface area contributed by atoms with E-state index in [0.717, 1.165) is 27.5 Å². The molecule has 2 N–H and O–H groups in total. The molecule has 0 radical (unpaired) electrons. The minimum atomic E-state index is -0.919. The molecule has 0 aliphatic heterocycles. The minimum absolute atomic E-state index is 0.221. The molecule has 0 unspecified atom stereocenters. The molecule has 11 heteroatoms. The molecular formula is C24H20N6O3S2. The summed E-state index contributed by atoms with van der Waals surface area (Å²) in [4.78, 5) is 28.6. The Morgan fingerprint density at radius 2 is 1.89 bits per heavy atom. The molecule has 0 atom stereocenters. The van der Waals surface area contributed by atoms with Crippen LogP contribution in [0.4, 0.5) is 5.13 Å². The van der Waals surface area contributed by atoms with Crippen LogP contribution in [-0.4, -0.2) is 40.3 Å². The summed E-state index contributed by atoms with van der Waals surface area (Å²) in [5.41, 5.74) is 4.78. The summed E-state index contributed by atoms with van der Waals surface area (Å²) in [6, 6.07) is 20.7. The van der Waals surface area contributed by atoms with Crippen molar-refractivity contribution in [1.29, 1.82) is 0 Å². The number of aromatic nitrogens is 3. The second kappa shape index (κ2) is 11.9. The molecule has 0 bridgehead atoms. The predicted octanol–water partition coefficient (Wildman–Crippen LogP) is 3.99. The largest absolute Gasteiger partial charge is 0.496 e. The van der Waals surface area contributed by atoms with Gasteiger partial charge in [-0.1, -0.05) is 47.7 Å². The number of ether oxygens (including phenoxy) is 1. The zero-order chi connectivity index (χ0) is 24.5. The van der Waals surface area contributed by atoms with Gasteiger partial charge < -0.3 is 4.74 Å². The molecule has 2 aromatic carbocycles. The second-order valence-corrected chi connectivity index (χ2v) is 8.93. The number of carbonyl (C=O) groups excluding carboxylic acids is 2. The Morgan fingerprint density at radius 3 is 2.66 bits per heavy atom. The molecule has 2 heterocycles. The maximum atomic E-state index is 12.2. The van der Waals surface area contributed by atoms with E-state index in [-0.39, 0.29) is 5.13 Å². The zero-order valence-corrected chi connectivity index (χ0v) is 20.2. The fourth-order valence-electron chi connectivity index (χ4n) is 2.92. The molecule has 176 valence electrons. The van der Waals surface area contributed by atoms with Crippen LogP contribution >= 0.6 is 23.1 Å². The van der Waals surface area contributed by atoms with Gasteiger partial charge in [-0.3, -0.25) is 14.9 Å². The molecule has 4 rings (SSSR count). The third-order valence-corrected chi connectivity index (χ3v) is 6.45. The Morgan fingerprint density at radius 1 is 1.06 bits per heavy atom. The highest BCUT2D eigenvalue weighted by atomic mass is 32.2. The number of hydrogen-bond acceptors (Lipinski definition) is 9. The van der Waals surface area contributed by atoms with E-state index in [0.29, 0.717) is 10.8 Å². The number of rotatable bonds is 8. The van der Waals surface area contributed by atoms with Crippen molar-refractivity contribution in [3.05, 3.63) is 84.1 Å². The van der Waals surface area contributed by atoms with Crippen molar-refractivity contribution in [2.45, 2.75) is 10.8 Å². The molecule has 0 aliphatic rings. The first-order valence-electron chi connectivity index (χ1n) is 10.4. The van der Waals surface area contributed by atoms with Crippen LogP contribution in [0.5, 0.6) is 5.75 Å².